The molecule has 0 radical (unpaired) electrons. The first-order valence-electron chi connectivity index (χ1n) is 3.87. The molecular weight excluding hydrogens is 162 g/mol. The van der Waals surface area contributed by atoms with Crippen LogP contribution in [0.4, 0.5) is 0 Å². The number of rotatable bonds is 4. The third-order valence-corrected chi connectivity index (χ3v) is 2.90. The molecule has 1 unspecified atom stereocenters. The second kappa shape index (κ2) is 4.98. The van der Waals surface area contributed by atoms with E-state index in [1.165, 1.54) is 0 Å². The highest BCUT2D eigenvalue weighted by Gasteiger charge is 2.21. The highest BCUT2D eigenvalue weighted by molar-refractivity contribution is 7.99. The molecule has 0 aromatic rings. The van der Waals surface area contributed by atoms with E-state index >= 15 is 0 Å². The number of thioether (sulfide) groups is 1. The molecule has 1 rings (SSSR count). The lowest BCUT2D eigenvalue weighted by Crippen LogP contribution is -2.31. The summed E-state index contributed by atoms with van der Waals surface area (Å²) in [5, 5.41) is 0. The molecule has 0 aliphatic carbocycles. The molecule has 0 saturated carbocycles. The summed E-state index contributed by atoms with van der Waals surface area (Å²) in [5.74, 6) is 2.27. The van der Waals surface area contributed by atoms with Crippen molar-refractivity contribution in [3.63, 3.8) is 0 Å². The van der Waals surface area contributed by atoms with Gasteiger partial charge < -0.3 is 0 Å². The Morgan fingerprint density at radius 1 is 1.55 bits per heavy atom. The van der Waals surface area contributed by atoms with Crippen molar-refractivity contribution in [2.75, 3.05) is 31.9 Å². The van der Waals surface area contributed by atoms with E-state index in [0.29, 0.717) is 19.3 Å². The standard InChI is InChI=1S/C7H15NO2S/c1-3-9-10-4-7-5-11-6-8(7)2/h7H,3-6H2,1-2H3. The van der Waals surface area contributed by atoms with Gasteiger partial charge in [0.05, 0.1) is 13.2 Å². The van der Waals surface area contributed by atoms with Gasteiger partial charge in [-0.1, -0.05) is 0 Å². The zero-order valence-corrected chi connectivity index (χ0v) is 7.89. The van der Waals surface area contributed by atoms with Gasteiger partial charge in [0.25, 0.3) is 0 Å². The van der Waals surface area contributed by atoms with Crippen LogP contribution in [0.3, 0.4) is 0 Å². The molecule has 11 heavy (non-hydrogen) atoms. The van der Waals surface area contributed by atoms with Crippen LogP contribution in [0.5, 0.6) is 0 Å². The van der Waals surface area contributed by atoms with Crippen LogP contribution in [0.15, 0.2) is 0 Å². The summed E-state index contributed by atoms with van der Waals surface area (Å²) in [4.78, 5) is 12.1. The van der Waals surface area contributed by atoms with E-state index < -0.39 is 0 Å². The molecule has 1 aliphatic heterocycles. The number of likely N-dealkylation sites (N-methyl/N-ethyl adjacent to an activating group) is 1. The first-order chi connectivity index (χ1) is 5.34. The van der Waals surface area contributed by atoms with Crippen LogP contribution in [-0.4, -0.2) is 42.8 Å². The summed E-state index contributed by atoms with van der Waals surface area (Å²) in [5.41, 5.74) is 0. The first-order valence-corrected chi connectivity index (χ1v) is 5.02. The second-order valence-corrected chi connectivity index (χ2v) is 3.60. The first kappa shape index (κ1) is 9.32. The predicted octanol–water partition coefficient (Wildman–Crippen LogP) is 0.959. The minimum Gasteiger partial charge on any atom is -0.291 e. The van der Waals surface area contributed by atoms with Gasteiger partial charge in [-0.05, 0) is 14.0 Å². The molecule has 0 aromatic heterocycles. The Hall–Kier alpha value is 0.230. The topological polar surface area (TPSA) is 21.7 Å². The number of hydrogen-bond donors (Lipinski definition) is 0. The van der Waals surface area contributed by atoms with Crippen LogP contribution >= 0.6 is 11.8 Å². The fourth-order valence-corrected chi connectivity index (χ4v) is 2.18. The number of hydrogen-bond acceptors (Lipinski definition) is 4. The van der Waals surface area contributed by atoms with Crippen molar-refractivity contribution in [1.82, 2.24) is 4.90 Å². The van der Waals surface area contributed by atoms with Gasteiger partial charge in [0.1, 0.15) is 0 Å². The Bertz CT molecular complexity index is 113. The maximum Gasteiger partial charge on any atom is 0.0985 e. The summed E-state index contributed by atoms with van der Waals surface area (Å²) in [7, 11) is 2.11. The lowest BCUT2D eigenvalue weighted by molar-refractivity contribution is -0.296. The summed E-state index contributed by atoms with van der Waals surface area (Å²) < 4.78 is 0. The van der Waals surface area contributed by atoms with Gasteiger partial charge in [-0.3, -0.25) is 4.90 Å². The minimum atomic E-state index is 0.534. The molecule has 0 N–H and O–H groups in total. The summed E-state index contributed by atoms with van der Waals surface area (Å²) in [6.07, 6.45) is 0. The maximum absolute atomic E-state index is 4.98. The second-order valence-electron chi connectivity index (χ2n) is 2.60. The fourth-order valence-electron chi connectivity index (χ4n) is 0.951. The molecule has 1 fully saturated rings. The highest BCUT2D eigenvalue weighted by atomic mass is 32.2. The average molecular weight is 177 g/mol. The van der Waals surface area contributed by atoms with E-state index in [1.54, 1.807) is 0 Å². The predicted molar refractivity (Wildman–Crippen MR) is 46.5 cm³/mol. The van der Waals surface area contributed by atoms with Crippen molar-refractivity contribution in [3.05, 3.63) is 0 Å². The van der Waals surface area contributed by atoms with Gasteiger partial charge in [0, 0.05) is 17.7 Å². The molecule has 0 bridgehead atoms. The molecule has 4 heteroatoms. The number of nitrogens with zero attached hydrogens (tertiary/aromatic N) is 1. The quantitative estimate of drug-likeness (QED) is 0.362. The van der Waals surface area contributed by atoms with Gasteiger partial charge in [0.15, 0.2) is 0 Å². The van der Waals surface area contributed by atoms with Crippen LogP contribution in [0, 0.1) is 0 Å². The highest BCUT2D eigenvalue weighted by Crippen LogP contribution is 2.18. The Kier molecular flexibility index (Phi) is 4.22. The molecule has 0 aromatic carbocycles. The minimum absolute atomic E-state index is 0.534. The fraction of sp³-hybridized carbons (Fsp3) is 1.00. The normalized spacial score (nSPS) is 26.2. The summed E-state index contributed by atoms with van der Waals surface area (Å²) in [6.45, 7) is 3.24. The maximum atomic E-state index is 4.98. The van der Waals surface area contributed by atoms with E-state index in [9.17, 15) is 0 Å². The van der Waals surface area contributed by atoms with Crippen molar-refractivity contribution >= 4 is 11.8 Å². The molecule has 1 atom stereocenters. The van der Waals surface area contributed by atoms with E-state index in [2.05, 4.69) is 11.9 Å². The van der Waals surface area contributed by atoms with E-state index in [4.69, 9.17) is 9.78 Å². The summed E-state index contributed by atoms with van der Waals surface area (Å²) >= 11 is 1.94. The zero-order chi connectivity index (χ0) is 8.10. The van der Waals surface area contributed by atoms with Crippen LogP contribution in [0.1, 0.15) is 6.92 Å². The zero-order valence-electron chi connectivity index (χ0n) is 7.08. The van der Waals surface area contributed by atoms with Gasteiger partial charge in [-0.2, -0.15) is 0 Å². The monoisotopic (exact) mass is 177 g/mol. The molecule has 3 nitrogen and oxygen atoms in total. The molecule has 1 heterocycles. The molecule has 1 saturated heterocycles. The summed E-state index contributed by atoms with van der Waals surface area (Å²) in [6, 6.07) is 0.534. The Balaban J connectivity index is 2.05. The Morgan fingerprint density at radius 3 is 2.91 bits per heavy atom. The molecule has 0 amide bonds. The smallest absolute Gasteiger partial charge is 0.0985 e. The largest absolute Gasteiger partial charge is 0.291 e. The lowest BCUT2D eigenvalue weighted by atomic mass is 10.3. The molecule has 1 aliphatic rings. The van der Waals surface area contributed by atoms with Crippen LogP contribution in [0.2, 0.25) is 0 Å². The van der Waals surface area contributed by atoms with Gasteiger partial charge in [-0.15, -0.1) is 11.8 Å². The SMILES string of the molecule is CCOOCC1CSCN1C. The third kappa shape index (κ3) is 2.99. The van der Waals surface area contributed by atoms with Crippen molar-refractivity contribution < 1.29 is 9.78 Å². The van der Waals surface area contributed by atoms with Gasteiger partial charge >= 0.3 is 0 Å². The lowest BCUT2D eigenvalue weighted by Gasteiger charge is -2.16. The van der Waals surface area contributed by atoms with Gasteiger partial charge in [0.2, 0.25) is 0 Å². The van der Waals surface area contributed by atoms with E-state index in [0.717, 1.165) is 11.6 Å². The van der Waals surface area contributed by atoms with Crippen molar-refractivity contribution in [1.29, 1.82) is 0 Å². The Morgan fingerprint density at radius 2 is 2.36 bits per heavy atom. The average Bonchev–Trinajstić information content (AvgIpc) is 2.37. The van der Waals surface area contributed by atoms with Crippen molar-refractivity contribution in [2.24, 2.45) is 0 Å². The van der Waals surface area contributed by atoms with Crippen LogP contribution in [0.25, 0.3) is 0 Å². The Labute approximate surface area is 72.0 Å². The third-order valence-electron chi connectivity index (χ3n) is 1.69. The van der Waals surface area contributed by atoms with Crippen LogP contribution < -0.4 is 0 Å². The van der Waals surface area contributed by atoms with Gasteiger partial charge in [-0.25, -0.2) is 9.78 Å². The van der Waals surface area contributed by atoms with Crippen LogP contribution in [-0.2, 0) is 9.78 Å². The van der Waals surface area contributed by atoms with E-state index in [1.807, 2.05) is 18.7 Å². The van der Waals surface area contributed by atoms with E-state index in [-0.39, 0.29) is 0 Å². The molecule has 0 spiro atoms. The van der Waals surface area contributed by atoms with Crippen molar-refractivity contribution in [2.45, 2.75) is 13.0 Å². The van der Waals surface area contributed by atoms with Crippen molar-refractivity contribution in [3.8, 4) is 0 Å². The molecular formula is C7H15NO2S. The molecule has 66 valence electrons.